The van der Waals surface area contributed by atoms with Gasteiger partial charge in [-0.25, -0.2) is 0 Å². The Balaban J connectivity index is 3.86. The van der Waals surface area contributed by atoms with Crippen LogP contribution >= 0.6 is 0 Å². The molecule has 160 valence electrons. The van der Waals surface area contributed by atoms with E-state index in [1.165, 1.54) is 0 Å². The lowest BCUT2D eigenvalue weighted by molar-refractivity contribution is -0.135. The molecule has 0 rings (SSSR count). The van der Waals surface area contributed by atoms with Crippen molar-refractivity contribution in [2.24, 2.45) is 21.7 Å². The second kappa shape index (κ2) is 9.90. The average molecular weight is 384 g/mol. The van der Waals surface area contributed by atoms with Gasteiger partial charge in [0.05, 0.1) is 0 Å². The highest BCUT2D eigenvalue weighted by atomic mass is 16.2. The molecule has 0 aliphatic heterocycles. The summed E-state index contributed by atoms with van der Waals surface area (Å²) in [6.07, 6.45) is 1.80. The lowest BCUT2D eigenvalue weighted by Gasteiger charge is -2.37. The van der Waals surface area contributed by atoms with Crippen LogP contribution in [0.15, 0.2) is 0 Å². The first-order valence-electron chi connectivity index (χ1n) is 10.3. The maximum absolute atomic E-state index is 12.3. The molecule has 0 fully saturated rings. The normalized spacial score (nSPS) is 13.4. The monoisotopic (exact) mass is 383 g/mol. The third kappa shape index (κ3) is 7.81. The molecule has 0 aliphatic carbocycles. The number of carbonyl (C=O) groups excluding carboxylic acids is 2. The van der Waals surface area contributed by atoms with Crippen LogP contribution in [0, 0.1) is 21.7 Å². The largest absolute Gasteiger partial charge is 0.356 e. The summed E-state index contributed by atoms with van der Waals surface area (Å²) in [5, 5.41) is 9.45. The Bertz CT molecular complexity index is 439. The lowest BCUT2D eigenvalue weighted by Crippen LogP contribution is -2.45. The van der Waals surface area contributed by atoms with E-state index in [1.54, 1.807) is 0 Å². The standard InChI is InChI=1S/C22H45N3O2/c1-19(2,3)21(7,8)17(26)24-15-11-13-23-14-12-16-25-18(27)22(9,10)20(4,5)6/h23H,11-16H2,1-10H3,(H,24,26)(H,25,27). The quantitative estimate of drug-likeness (QED) is 0.503. The van der Waals surface area contributed by atoms with E-state index in [4.69, 9.17) is 0 Å². The van der Waals surface area contributed by atoms with Crippen molar-refractivity contribution < 1.29 is 9.59 Å². The van der Waals surface area contributed by atoms with Gasteiger partial charge in [-0.3, -0.25) is 9.59 Å². The molecule has 5 nitrogen and oxygen atoms in total. The molecule has 0 radical (unpaired) electrons. The molecule has 0 bridgehead atoms. The maximum Gasteiger partial charge on any atom is 0.226 e. The highest BCUT2D eigenvalue weighted by Gasteiger charge is 2.40. The number of nitrogens with one attached hydrogen (secondary N) is 3. The summed E-state index contributed by atoms with van der Waals surface area (Å²) in [6, 6.07) is 0. The molecule has 0 unspecified atom stereocenters. The number of carbonyl (C=O) groups is 2. The highest BCUT2D eigenvalue weighted by molar-refractivity contribution is 5.83. The fourth-order valence-electron chi connectivity index (χ4n) is 2.08. The molecule has 0 aromatic carbocycles. The summed E-state index contributed by atoms with van der Waals surface area (Å²) in [6.45, 7) is 23.6. The molecule has 3 N–H and O–H groups in total. The van der Waals surface area contributed by atoms with Crippen molar-refractivity contribution in [3.63, 3.8) is 0 Å². The van der Waals surface area contributed by atoms with Gasteiger partial charge in [-0.2, -0.15) is 0 Å². The van der Waals surface area contributed by atoms with Crippen LogP contribution in [0.2, 0.25) is 0 Å². The van der Waals surface area contributed by atoms with Crippen LogP contribution in [0.3, 0.4) is 0 Å². The average Bonchev–Trinajstić information content (AvgIpc) is 2.50. The van der Waals surface area contributed by atoms with Crippen molar-refractivity contribution in [1.29, 1.82) is 0 Å². The van der Waals surface area contributed by atoms with Crippen LogP contribution in [-0.2, 0) is 9.59 Å². The third-order valence-electron chi connectivity index (χ3n) is 6.52. The smallest absolute Gasteiger partial charge is 0.226 e. The summed E-state index contributed by atoms with van der Waals surface area (Å²) < 4.78 is 0. The Morgan fingerprint density at radius 2 is 0.852 bits per heavy atom. The van der Waals surface area contributed by atoms with Gasteiger partial charge < -0.3 is 16.0 Å². The summed E-state index contributed by atoms with van der Waals surface area (Å²) in [7, 11) is 0. The van der Waals surface area contributed by atoms with E-state index in [0.29, 0.717) is 13.1 Å². The van der Waals surface area contributed by atoms with E-state index in [1.807, 2.05) is 27.7 Å². The van der Waals surface area contributed by atoms with Gasteiger partial charge in [0.15, 0.2) is 0 Å². The SMILES string of the molecule is CC(C)(C)C(C)(C)C(=O)NCCCNCCCNC(=O)C(C)(C)C(C)(C)C. The minimum Gasteiger partial charge on any atom is -0.356 e. The van der Waals surface area contributed by atoms with Crippen molar-refractivity contribution in [2.45, 2.75) is 82.1 Å². The van der Waals surface area contributed by atoms with Crippen molar-refractivity contribution in [3.05, 3.63) is 0 Å². The Hall–Kier alpha value is -1.10. The van der Waals surface area contributed by atoms with Gasteiger partial charge in [-0.15, -0.1) is 0 Å². The third-order valence-corrected chi connectivity index (χ3v) is 6.52. The van der Waals surface area contributed by atoms with Crippen LogP contribution in [-0.4, -0.2) is 38.0 Å². The highest BCUT2D eigenvalue weighted by Crippen LogP contribution is 2.38. The van der Waals surface area contributed by atoms with Gasteiger partial charge in [0.25, 0.3) is 0 Å². The van der Waals surface area contributed by atoms with Crippen LogP contribution in [0.1, 0.15) is 82.1 Å². The fourth-order valence-corrected chi connectivity index (χ4v) is 2.08. The summed E-state index contributed by atoms with van der Waals surface area (Å²) in [5.74, 6) is 0.221. The number of hydrogen-bond donors (Lipinski definition) is 3. The molecule has 0 heterocycles. The van der Waals surface area contributed by atoms with Gasteiger partial charge >= 0.3 is 0 Å². The second-order valence-corrected chi connectivity index (χ2v) is 10.7. The van der Waals surface area contributed by atoms with E-state index in [2.05, 4.69) is 57.5 Å². The van der Waals surface area contributed by atoms with Crippen molar-refractivity contribution >= 4 is 11.8 Å². The summed E-state index contributed by atoms with van der Waals surface area (Å²) >= 11 is 0. The zero-order valence-electron chi connectivity index (χ0n) is 19.6. The van der Waals surface area contributed by atoms with Crippen molar-refractivity contribution in [1.82, 2.24) is 16.0 Å². The summed E-state index contributed by atoms with van der Waals surface area (Å²) in [4.78, 5) is 24.7. The van der Waals surface area contributed by atoms with Gasteiger partial charge in [0, 0.05) is 23.9 Å². The lowest BCUT2D eigenvalue weighted by atomic mass is 9.69. The van der Waals surface area contributed by atoms with Crippen LogP contribution in [0.5, 0.6) is 0 Å². The van der Waals surface area contributed by atoms with Crippen LogP contribution in [0.4, 0.5) is 0 Å². The Labute approximate surface area is 167 Å². The van der Waals surface area contributed by atoms with Gasteiger partial charge in [0.2, 0.25) is 11.8 Å². The summed E-state index contributed by atoms with van der Waals surface area (Å²) in [5.41, 5.74) is -0.915. The first-order valence-corrected chi connectivity index (χ1v) is 10.3. The number of hydrogen-bond acceptors (Lipinski definition) is 3. The van der Waals surface area contributed by atoms with Crippen LogP contribution < -0.4 is 16.0 Å². The molecule has 0 aromatic heterocycles. The molecule has 5 heteroatoms. The van der Waals surface area contributed by atoms with E-state index >= 15 is 0 Å². The molecule has 27 heavy (non-hydrogen) atoms. The molecule has 0 spiro atoms. The first-order chi connectivity index (χ1) is 12.0. The van der Waals surface area contributed by atoms with Crippen LogP contribution in [0.25, 0.3) is 0 Å². The Kier molecular flexibility index (Phi) is 9.50. The molecular weight excluding hydrogens is 338 g/mol. The van der Waals surface area contributed by atoms with E-state index in [-0.39, 0.29) is 33.5 Å². The minimum absolute atomic E-state index is 0.0681. The molecular formula is C22H45N3O2. The van der Waals surface area contributed by atoms with Gasteiger partial charge in [-0.05, 0) is 36.8 Å². The fraction of sp³-hybridized carbons (Fsp3) is 0.909. The van der Waals surface area contributed by atoms with Crippen molar-refractivity contribution in [2.75, 3.05) is 26.2 Å². The number of rotatable bonds is 10. The maximum atomic E-state index is 12.3. The second-order valence-electron chi connectivity index (χ2n) is 10.7. The predicted molar refractivity (Wildman–Crippen MR) is 115 cm³/mol. The predicted octanol–water partition coefficient (Wildman–Crippen LogP) is 3.73. The number of amides is 2. The zero-order valence-corrected chi connectivity index (χ0v) is 19.6. The van der Waals surface area contributed by atoms with Crippen molar-refractivity contribution in [3.8, 4) is 0 Å². The Morgan fingerprint density at radius 3 is 1.11 bits per heavy atom. The first kappa shape index (κ1) is 25.9. The molecule has 0 atom stereocenters. The van der Waals surface area contributed by atoms with E-state index in [0.717, 1.165) is 25.9 Å². The van der Waals surface area contributed by atoms with Gasteiger partial charge in [0.1, 0.15) is 0 Å². The zero-order chi connectivity index (χ0) is 21.5. The van der Waals surface area contributed by atoms with Gasteiger partial charge in [-0.1, -0.05) is 69.2 Å². The molecule has 0 saturated carbocycles. The topological polar surface area (TPSA) is 70.2 Å². The molecule has 0 saturated heterocycles. The Morgan fingerprint density at radius 1 is 0.556 bits per heavy atom. The molecule has 2 amide bonds. The minimum atomic E-state index is -0.389. The molecule has 0 aromatic rings. The molecule has 0 aliphatic rings. The van der Waals surface area contributed by atoms with E-state index < -0.39 is 0 Å². The van der Waals surface area contributed by atoms with E-state index in [9.17, 15) is 9.59 Å².